The molecule has 4 rings (SSSR count). The first-order valence-corrected chi connectivity index (χ1v) is 10.0. The lowest BCUT2D eigenvalue weighted by Crippen LogP contribution is -2.48. The van der Waals surface area contributed by atoms with E-state index in [2.05, 4.69) is 5.32 Å². The fourth-order valence-electron chi connectivity index (χ4n) is 4.60. The fraction of sp³-hybridized carbons (Fsp3) is 0.571. The van der Waals surface area contributed by atoms with Crippen molar-refractivity contribution in [1.29, 1.82) is 0 Å². The Kier molecular flexibility index (Phi) is 4.77. The molecule has 7 heteroatoms. The third-order valence-electron chi connectivity index (χ3n) is 6.55. The molecular weight excluding hydrogens is 358 g/mol. The van der Waals surface area contributed by atoms with E-state index >= 15 is 0 Å². The number of rotatable bonds is 5. The second-order valence-electron chi connectivity index (χ2n) is 8.16. The number of imide groups is 1. The first kappa shape index (κ1) is 18.8. The van der Waals surface area contributed by atoms with Crippen LogP contribution in [0.1, 0.15) is 44.6 Å². The molecule has 1 aromatic carbocycles. The van der Waals surface area contributed by atoms with Gasteiger partial charge in [0.2, 0.25) is 5.91 Å². The summed E-state index contributed by atoms with van der Waals surface area (Å²) < 4.78 is 5.15. The highest BCUT2D eigenvalue weighted by Crippen LogP contribution is 2.37. The Balaban J connectivity index is 1.48. The molecule has 0 aromatic heterocycles. The van der Waals surface area contributed by atoms with Crippen LogP contribution < -0.4 is 10.1 Å². The molecule has 28 heavy (non-hydrogen) atoms. The van der Waals surface area contributed by atoms with Crippen molar-refractivity contribution in [3.63, 3.8) is 0 Å². The van der Waals surface area contributed by atoms with Gasteiger partial charge in [-0.05, 0) is 56.2 Å². The average Bonchev–Trinajstić information content (AvgIpc) is 3.20. The monoisotopic (exact) mass is 385 g/mol. The Hall–Kier alpha value is -2.57. The first-order chi connectivity index (χ1) is 13.4. The zero-order valence-corrected chi connectivity index (χ0v) is 16.4. The predicted molar refractivity (Wildman–Crippen MR) is 103 cm³/mol. The molecule has 2 heterocycles. The van der Waals surface area contributed by atoms with Crippen LogP contribution in [0.25, 0.3) is 0 Å². The second-order valence-corrected chi connectivity index (χ2v) is 8.16. The molecule has 1 aromatic rings. The number of carbonyl (C=O) groups excluding carboxylic acids is 3. The van der Waals surface area contributed by atoms with Gasteiger partial charge < -0.3 is 15.0 Å². The first-order valence-electron chi connectivity index (χ1n) is 10.0. The van der Waals surface area contributed by atoms with Gasteiger partial charge in [0.15, 0.2) is 0 Å². The summed E-state index contributed by atoms with van der Waals surface area (Å²) in [7, 11) is 1.57. The molecule has 0 spiro atoms. The summed E-state index contributed by atoms with van der Waals surface area (Å²) in [4.78, 5) is 41.5. The number of methoxy groups -OCH3 is 1. The van der Waals surface area contributed by atoms with Crippen LogP contribution in [0.15, 0.2) is 24.3 Å². The van der Waals surface area contributed by atoms with Crippen molar-refractivity contribution in [2.24, 2.45) is 5.92 Å². The minimum atomic E-state index is -1.18. The number of urea groups is 1. The average molecular weight is 385 g/mol. The Morgan fingerprint density at radius 2 is 1.89 bits per heavy atom. The lowest BCUT2D eigenvalue weighted by Gasteiger charge is -2.37. The van der Waals surface area contributed by atoms with E-state index in [4.69, 9.17) is 4.74 Å². The van der Waals surface area contributed by atoms with Gasteiger partial charge in [0, 0.05) is 12.6 Å². The Bertz CT molecular complexity index is 789. The number of nitrogens with one attached hydrogen (secondary N) is 1. The number of hydrogen-bond donors (Lipinski definition) is 1. The highest BCUT2D eigenvalue weighted by molar-refractivity contribution is 6.09. The van der Waals surface area contributed by atoms with E-state index in [9.17, 15) is 14.4 Å². The van der Waals surface area contributed by atoms with Crippen molar-refractivity contribution in [3.8, 4) is 5.75 Å². The number of nitrogens with zero attached hydrogens (tertiary/aromatic N) is 2. The van der Waals surface area contributed by atoms with E-state index in [0.717, 1.165) is 24.3 Å². The molecule has 4 amide bonds. The molecule has 150 valence electrons. The van der Waals surface area contributed by atoms with Crippen molar-refractivity contribution in [3.05, 3.63) is 29.8 Å². The van der Waals surface area contributed by atoms with E-state index in [1.54, 1.807) is 38.3 Å². The Morgan fingerprint density at radius 1 is 1.18 bits per heavy atom. The van der Waals surface area contributed by atoms with Crippen LogP contribution in [0, 0.1) is 5.92 Å². The largest absolute Gasteiger partial charge is 0.497 e. The lowest BCUT2D eigenvalue weighted by atomic mass is 9.79. The molecule has 1 saturated carbocycles. The molecule has 0 radical (unpaired) electrons. The molecule has 2 aliphatic heterocycles. The van der Waals surface area contributed by atoms with Gasteiger partial charge in [-0.1, -0.05) is 18.6 Å². The number of likely N-dealkylation sites (tertiary alicyclic amines) is 1. The van der Waals surface area contributed by atoms with Crippen LogP contribution in [-0.4, -0.2) is 53.9 Å². The highest BCUT2D eigenvalue weighted by Gasteiger charge is 2.50. The van der Waals surface area contributed by atoms with Crippen LogP contribution in [0.2, 0.25) is 0 Å². The van der Waals surface area contributed by atoms with Gasteiger partial charge >= 0.3 is 6.03 Å². The zero-order valence-electron chi connectivity index (χ0n) is 16.4. The van der Waals surface area contributed by atoms with Gasteiger partial charge in [-0.25, -0.2) is 4.79 Å². The summed E-state index contributed by atoms with van der Waals surface area (Å²) >= 11 is 0. The van der Waals surface area contributed by atoms with E-state index in [-0.39, 0.29) is 18.5 Å². The second kappa shape index (κ2) is 7.11. The summed E-state index contributed by atoms with van der Waals surface area (Å²) in [5.74, 6) is 0.735. The van der Waals surface area contributed by atoms with Crippen LogP contribution in [-0.2, 0) is 15.1 Å². The summed E-state index contributed by atoms with van der Waals surface area (Å²) in [5, 5.41) is 2.76. The molecule has 3 fully saturated rings. The SMILES string of the molecule is COc1ccc([C@]2(C)NC(=O)N(CC(=O)N3CCC[C@H]3C3CCC3)C2=O)cc1. The number of amides is 4. The maximum Gasteiger partial charge on any atom is 0.325 e. The predicted octanol–water partition coefficient (Wildman–Crippen LogP) is 2.25. The number of ether oxygens (including phenoxy) is 1. The highest BCUT2D eigenvalue weighted by atomic mass is 16.5. The standard InChI is InChI=1S/C21H27N3O4/c1-21(15-8-10-16(28-2)11-9-15)19(26)24(20(27)22-21)13-18(25)23-12-4-7-17(23)14-5-3-6-14/h8-11,14,17H,3-7,12-13H2,1-2H3,(H,22,27)/t17-,21-/m0/s1. The van der Waals surface area contributed by atoms with E-state index < -0.39 is 17.5 Å². The normalized spacial score (nSPS) is 27.7. The third kappa shape index (κ3) is 3.02. The molecule has 1 N–H and O–H groups in total. The van der Waals surface area contributed by atoms with Gasteiger partial charge in [0.25, 0.3) is 5.91 Å². The van der Waals surface area contributed by atoms with Crippen molar-refractivity contribution in [2.75, 3.05) is 20.2 Å². The maximum atomic E-state index is 13.1. The van der Waals surface area contributed by atoms with Gasteiger partial charge in [0.1, 0.15) is 17.8 Å². The van der Waals surface area contributed by atoms with Gasteiger partial charge in [-0.15, -0.1) is 0 Å². The number of hydrogen-bond acceptors (Lipinski definition) is 4. The summed E-state index contributed by atoms with van der Waals surface area (Å²) in [6.45, 7) is 2.20. The van der Waals surface area contributed by atoms with Crippen LogP contribution >= 0.6 is 0 Å². The summed E-state index contributed by atoms with van der Waals surface area (Å²) in [6.07, 6.45) is 5.60. The van der Waals surface area contributed by atoms with Crippen LogP contribution in [0.5, 0.6) is 5.75 Å². The molecule has 0 unspecified atom stereocenters. The molecule has 2 atom stereocenters. The summed E-state index contributed by atoms with van der Waals surface area (Å²) in [6, 6.07) is 6.78. The zero-order chi connectivity index (χ0) is 19.9. The quantitative estimate of drug-likeness (QED) is 0.789. The van der Waals surface area contributed by atoms with Crippen molar-refractivity contribution in [2.45, 2.75) is 50.6 Å². The van der Waals surface area contributed by atoms with Gasteiger partial charge in [-0.3, -0.25) is 14.5 Å². The third-order valence-corrected chi connectivity index (χ3v) is 6.55. The van der Waals surface area contributed by atoms with Crippen LogP contribution in [0.4, 0.5) is 4.79 Å². The Morgan fingerprint density at radius 3 is 2.50 bits per heavy atom. The van der Waals surface area contributed by atoms with Crippen molar-refractivity contribution in [1.82, 2.24) is 15.1 Å². The van der Waals surface area contributed by atoms with Crippen LogP contribution in [0.3, 0.4) is 0 Å². The van der Waals surface area contributed by atoms with Gasteiger partial charge in [0.05, 0.1) is 7.11 Å². The fourth-order valence-corrected chi connectivity index (χ4v) is 4.60. The molecular formula is C21H27N3O4. The van der Waals surface area contributed by atoms with E-state index in [1.165, 1.54) is 19.3 Å². The maximum absolute atomic E-state index is 13.1. The number of carbonyl (C=O) groups is 3. The van der Waals surface area contributed by atoms with Crippen molar-refractivity contribution < 1.29 is 19.1 Å². The van der Waals surface area contributed by atoms with Gasteiger partial charge in [-0.2, -0.15) is 0 Å². The summed E-state index contributed by atoms with van der Waals surface area (Å²) in [5.41, 5.74) is -0.516. The molecule has 3 aliphatic rings. The minimum absolute atomic E-state index is 0.128. The number of benzene rings is 1. The smallest absolute Gasteiger partial charge is 0.325 e. The molecule has 2 saturated heterocycles. The lowest BCUT2D eigenvalue weighted by molar-refractivity contribution is -0.140. The topological polar surface area (TPSA) is 79.0 Å². The van der Waals surface area contributed by atoms with E-state index in [0.29, 0.717) is 17.2 Å². The van der Waals surface area contributed by atoms with E-state index in [1.807, 2.05) is 4.90 Å². The molecule has 1 aliphatic carbocycles. The Labute approximate surface area is 165 Å². The molecule has 7 nitrogen and oxygen atoms in total. The van der Waals surface area contributed by atoms with Crippen molar-refractivity contribution >= 4 is 17.8 Å². The minimum Gasteiger partial charge on any atom is -0.497 e. The molecule has 0 bridgehead atoms.